The predicted molar refractivity (Wildman–Crippen MR) is 52.7 cm³/mol. The Bertz CT molecular complexity index is 281. The summed E-state index contributed by atoms with van der Waals surface area (Å²) < 4.78 is 60.3. The SMILES string of the molecule is CCOP(=O)(CC(=O)OCC(F)(F)F)OCC. The summed E-state index contributed by atoms with van der Waals surface area (Å²) in [5, 5.41) is 0. The highest BCUT2D eigenvalue weighted by Gasteiger charge is 2.33. The van der Waals surface area contributed by atoms with Crippen LogP contribution in [-0.2, 0) is 23.1 Å². The Hall–Kier alpha value is -0.590. The topological polar surface area (TPSA) is 61.8 Å². The minimum Gasteiger partial charge on any atom is -0.456 e. The summed E-state index contributed by atoms with van der Waals surface area (Å²) in [5.74, 6) is -1.27. The fourth-order valence-corrected chi connectivity index (χ4v) is 2.34. The molecule has 0 aromatic carbocycles. The average molecular weight is 278 g/mol. The van der Waals surface area contributed by atoms with Crippen molar-refractivity contribution < 1.29 is 36.3 Å². The molecule has 5 nitrogen and oxygen atoms in total. The summed E-state index contributed by atoms with van der Waals surface area (Å²) in [6.07, 6.45) is -5.44. The van der Waals surface area contributed by atoms with Crippen molar-refractivity contribution in [2.75, 3.05) is 26.0 Å². The summed E-state index contributed by atoms with van der Waals surface area (Å²) in [6, 6.07) is 0. The van der Waals surface area contributed by atoms with Crippen molar-refractivity contribution in [2.24, 2.45) is 0 Å². The normalized spacial score (nSPS) is 12.5. The van der Waals surface area contributed by atoms with Crippen LogP contribution in [0.5, 0.6) is 0 Å². The van der Waals surface area contributed by atoms with Crippen LogP contribution in [0.15, 0.2) is 0 Å². The van der Waals surface area contributed by atoms with Crippen molar-refractivity contribution in [3.8, 4) is 0 Å². The van der Waals surface area contributed by atoms with Crippen LogP contribution < -0.4 is 0 Å². The molecule has 9 heteroatoms. The van der Waals surface area contributed by atoms with E-state index in [-0.39, 0.29) is 13.2 Å². The maximum Gasteiger partial charge on any atom is 0.422 e. The van der Waals surface area contributed by atoms with Crippen LogP contribution in [-0.4, -0.2) is 38.1 Å². The molecule has 0 fully saturated rings. The van der Waals surface area contributed by atoms with E-state index in [1.54, 1.807) is 0 Å². The molecule has 0 aliphatic carbocycles. The molecule has 0 spiro atoms. The molecule has 0 aliphatic heterocycles. The second-order valence-electron chi connectivity index (χ2n) is 2.88. The van der Waals surface area contributed by atoms with Crippen molar-refractivity contribution in [2.45, 2.75) is 20.0 Å². The van der Waals surface area contributed by atoms with Gasteiger partial charge in [0.1, 0.15) is 6.16 Å². The minimum atomic E-state index is -4.61. The molecule has 0 N–H and O–H groups in total. The zero-order chi connectivity index (χ0) is 13.5. The molecule has 0 aromatic heterocycles. The summed E-state index contributed by atoms with van der Waals surface area (Å²) in [6.45, 7) is 1.36. The number of halogens is 3. The third kappa shape index (κ3) is 8.18. The maximum absolute atomic E-state index is 11.7. The van der Waals surface area contributed by atoms with Crippen LogP contribution >= 0.6 is 7.60 Å². The summed E-state index contributed by atoms with van der Waals surface area (Å²) in [4.78, 5) is 11.0. The van der Waals surface area contributed by atoms with Crippen LogP contribution in [0, 0.1) is 0 Å². The van der Waals surface area contributed by atoms with Gasteiger partial charge < -0.3 is 13.8 Å². The average Bonchev–Trinajstić information content (AvgIpc) is 2.14. The lowest BCUT2D eigenvalue weighted by Gasteiger charge is -2.16. The van der Waals surface area contributed by atoms with Gasteiger partial charge in [-0.2, -0.15) is 13.2 Å². The molecule has 0 saturated heterocycles. The first-order valence-electron chi connectivity index (χ1n) is 4.83. The van der Waals surface area contributed by atoms with Gasteiger partial charge in [-0.1, -0.05) is 0 Å². The van der Waals surface area contributed by atoms with E-state index in [0.717, 1.165) is 0 Å². The van der Waals surface area contributed by atoms with Gasteiger partial charge in [0.05, 0.1) is 13.2 Å². The lowest BCUT2D eigenvalue weighted by Crippen LogP contribution is -2.22. The van der Waals surface area contributed by atoms with E-state index in [9.17, 15) is 22.5 Å². The molecular formula is C8H14F3O5P. The fraction of sp³-hybridized carbons (Fsp3) is 0.875. The standard InChI is InChI=1S/C8H14F3O5P/c1-3-15-17(13,16-4-2)5-7(12)14-6-8(9,10)11/h3-6H2,1-2H3. The first-order chi connectivity index (χ1) is 7.72. The van der Waals surface area contributed by atoms with E-state index < -0.39 is 32.5 Å². The summed E-state index contributed by atoms with van der Waals surface area (Å²) in [7, 11) is -3.70. The molecule has 0 atom stereocenters. The zero-order valence-electron chi connectivity index (χ0n) is 9.45. The highest BCUT2D eigenvalue weighted by atomic mass is 31.2. The van der Waals surface area contributed by atoms with Gasteiger partial charge in [0, 0.05) is 0 Å². The molecule has 0 amide bonds. The van der Waals surface area contributed by atoms with E-state index in [0.29, 0.717) is 0 Å². The van der Waals surface area contributed by atoms with E-state index in [1.165, 1.54) is 13.8 Å². The van der Waals surface area contributed by atoms with Crippen LogP contribution in [0.4, 0.5) is 13.2 Å². The van der Waals surface area contributed by atoms with E-state index in [1.807, 2.05) is 0 Å². The molecule has 0 aromatic rings. The molecule has 0 aliphatic rings. The molecule has 102 valence electrons. The number of esters is 1. The van der Waals surface area contributed by atoms with Gasteiger partial charge in [-0.05, 0) is 13.8 Å². The molecule has 0 unspecified atom stereocenters. The predicted octanol–water partition coefficient (Wildman–Crippen LogP) is 2.36. The monoisotopic (exact) mass is 278 g/mol. The number of ether oxygens (including phenoxy) is 1. The van der Waals surface area contributed by atoms with Crippen molar-refractivity contribution in [3.05, 3.63) is 0 Å². The van der Waals surface area contributed by atoms with Crippen LogP contribution in [0.25, 0.3) is 0 Å². The molecule has 0 radical (unpaired) electrons. The Labute approximate surface area is 96.8 Å². The number of carbonyl (C=O) groups excluding carboxylic acids is 1. The molecule has 0 bridgehead atoms. The quantitative estimate of drug-likeness (QED) is 0.528. The molecule has 0 saturated carbocycles. The Morgan fingerprint density at radius 2 is 1.65 bits per heavy atom. The van der Waals surface area contributed by atoms with E-state index in [4.69, 9.17) is 9.05 Å². The second kappa shape index (κ2) is 6.98. The van der Waals surface area contributed by atoms with Gasteiger partial charge in [0.15, 0.2) is 6.61 Å². The highest BCUT2D eigenvalue weighted by Crippen LogP contribution is 2.47. The molecule has 0 heterocycles. The number of carbonyl (C=O) groups is 1. The zero-order valence-corrected chi connectivity index (χ0v) is 10.3. The minimum absolute atomic E-state index is 0.0177. The Balaban J connectivity index is 4.27. The van der Waals surface area contributed by atoms with E-state index >= 15 is 0 Å². The highest BCUT2D eigenvalue weighted by molar-refractivity contribution is 7.54. The molecule has 17 heavy (non-hydrogen) atoms. The number of hydrogen-bond donors (Lipinski definition) is 0. The smallest absolute Gasteiger partial charge is 0.422 e. The van der Waals surface area contributed by atoms with Gasteiger partial charge in [-0.3, -0.25) is 9.36 Å². The van der Waals surface area contributed by atoms with Gasteiger partial charge in [-0.15, -0.1) is 0 Å². The Morgan fingerprint density at radius 1 is 1.18 bits per heavy atom. The maximum atomic E-state index is 11.7. The lowest BCUT2D eigenvalue weighted by atomic mass is 10.7. The molecular weight excluding hydrogens is 264 g/mol. The van der Waals surface area contributed by atoms with Crippen molar-refractivity contribution in [1.29, 1.82) is 0 Å². The molecule has 0 rings (SSSR count). The van der Waals surface area contributed by atoms with Crippen molar-refractivity contribution >= 4 is 13.6 Å². The van der Waals surface area contributed by atoms with Gasteiger partial charge in [0.2, 0.25) is 0 Å². The van der Waals surface area contributed by atoms with Gasteiger partial charge in [0.25, 0.3) is 0 Å². The number of hydrogen-bond acceptors (Lipinski definition) is 5. The number of rotatable bonds is 7. The first kappa shape index (κ1) is 16.4. The van der Waals surface area contributed by atoms with Crippen molar-refractivity contribution in [3.63, 3.8) is 0 Å². The third-order valence-corrected chi connectivity index (χ3v) is 3.32. The van der Waals surface area contributed by atoms with Gasteiger partial charge in [-0.25, -0.2) is 0 Å². The number of alkyl halides is 3. The second-order valence-corrected chi connectivity index (χ2v) is 4.93. The summed E-state index contributed by atoms with van der Waals surface area (Å²) in [5.41, 5.74) is 0. The van der Waals surface area contributed by atoms with Crippen LogP contribution in [0.2, 0.25) is 0 Å². The van der Waals surface area contributed by atoms with Crippen molar-refractivity contribution in [1.82, 2.24) is 0 Å². The third-order valence-electron chi connectivity index (χ3n) is 1.37. The van der Waals surface area contributed by atoms with Crippen LogP contribution in [0.1, 0.15) is 13.8 Å². The largest absolute Gasteiger partial charge is 0.456 e. The van der Waals surface area contributed by atoms with Crippen LogP contribution in [0.3, 0.4) is 0 Å². The van der Waals surface area contributed by atoms with Gasteiger partial charge >= 0.3 is 19.7 Å². The fourth-order valence-electron chi connectivity index (χ4n) is 0.888. The Kier molecular flexibility index (Phi) is 6.74. The van der Waals surface area contributed by atoms with E-state index in [2.05, 4.69) is 4.74 Å². The lowest BCUT2D eigenvalue weighted by molar-refractivity contribution is -0.184. The first-order valence-corrected chi connectivity index (χ1v) is 6.55. The Morgan fingerprint density at radius 3 is 2.00 bits per heavy atom. The summed E-state index contributed by atoms with van der Waals surface area (Å²) >= 11 is 0.